The molecule has 3 rings (SSSR count). The number of thiophene rings is 1. The molecular formula is C13H10S. The predicted octanol–water partition coefficient (Wildman–Crippen LogP) is 4.36. The Kier molecular flexibility index (Phi) is 1.62. The monoisotopic (exact) mass is 198 g/mol. The van der Waals surface area contributed by atoms with Crippen molar-refractivity contribution in [2.75, 3.05) is 0 Å². The van der Waals surface area contributed by atoms with Gasteiger partial charge in [-0.05, 0) is 29.1 Å². The summed E-state index contributed by atoms with van der Waals surface area (Å²) < 4.78 is 1.42. The number of hydrogen-bond donors (Lipinski definition) is 0. The highest BCUT2D eigenvalue weighted by molar-refractivity contribution is 7.20. The van der Waals surface area contributed by atoms with E-state index < -0.39 is 0 Å². The Morgan fingerprint density at radius 1 is 0.929 bits per heavy atom. The van der Waals surface area contributed by atoms with Gasteiger partial charge < -0.3 is 0 Å². The van der Waals surface area contributed by atoms with Crippen LogP contribution in [0.3, 0.4) is 0 Å². The smallest absolute Gasteiger partial charge is 0.0423 e. The summed E-state index contributed by atoms with van der Waals surface area (Å²) in [6.45, 7) is 2.17. The third-order valence-corrected chi connectivity index (χ3v) is 3.63. The van der Waals surface area contributed by atoms with E-state index in [9.17, 15) is 0 Å². The topological polar surface area (TPSA) is 0 Å². The van der Waals surface area contributed by atoms with E-state index >= 15 is 0 Å². The Morgan fingerprint density at radius 2 is 1.71 bits per heavy atom. The minimum absolute atomic E-state index is 1.34. The fraction of sp³-hybridized carbons (Fsp3) is 0.0769. The number of benzene rings is 2. The summed E-state index contributed by atoms with van der Waals surface area (Å²) in [4.78, 5) is 1.39. The SMILES string of the molecule is Cc1cc2ccc3ccccc3c2s1. The van der Waals surface area contributed by atoms with Crippen molar-refractivity contribution in [3.8, 4) is 0 Å². The van der Waals surface area contributed by atoms with E-state index in [0.29, 0.717) is 0 Å². The lowest BCUT2D eigenvalue weighted by Gasteiger charge is -1.97. The van der Waals surface area contributed by atoms with Crippen LogP contribution in [0, 0.1) is 6.92 Å². The molecule has 0 amide bonds. The van der Waals surface area contributed by atoms with Gasteiger partial charge in [0, 0.05) is 9.58 Å². The summed E-state index contributed by atoms with van der Waals surface area (Å²) in [6, 6.07) is 15.2. The summed E-state index contributed by atoms with van der Waals surface area (Å²) >= 11 is 1.88. The fourth-order valence-corrected chi connectivity index (χ4v) is 2.95. The third-order valence-electron chi connectivity index (χ3n) is 2.53. The predicted molar refractivity (Wildman–Crippen MR) is 64.1 cm³/mol. The molecule has 0 saturated carbocycles. The van der Waals surface area contributed by atoms with Gasteiger partial charge in [0.2, 0.25) is 0 Å². The van der Waals surface area contributed by atoms with Crippen LogP contribution in [-0.2, 0) is 0 Å². The molecule has 0 aliphatic heterocycles. The number of aryl methyl sites for hydroxylation is 1. The third kappa shape index (κ3) is 1.06. The van der Waals surface area contributed by atoms with Gasteiger partial charge in [0.25, 0.3) is 0 Å². The van der Waals surface area contributed by atoms with Crippen LogP contribution in [0.15, 0.2) is 42.5 Å². The zero-order valence-electron chi connectivity index (χ0n) is 7.95. The van der Waals surface area contributed by atoms with E-state index in [1.54, 1.807) is 0 Å². The maximum absolute atomic E-state index is 2.26. The Labute approximate surface area is 86.8 Å². The Hall–Kier alpha value is -1.34. The maximum atomic E-state index is 2.26. The molecule has 0 saturated heterocycles. The van der Waals surface area contributed by atoms with E-state index in [-0.39, 0.29) is 0 Å². The number of hydrogen-bond acceptors (Lipinski definition) is 1. The lowest BCUT2D eigenvalue weighted by molar-refractivity contribution is 1.66. The van der Waals surface area contributed by atoms with Crippen molar-refractivity contribution in [1.82, 2.24) is 0 Å². The standard InChI is InChI=1S/C13H10S/c1-9-8-11-7-6-10-4-2-3-5-12(10)13(11)14-9/h2-8H,1H3. The molecule has 0 N–H and O–H groups in total. The van der Waals surface area contributed by atoms with Crippen molar-refractivity contribution < 1.29 is 0 Å². The number of rotatable bonds is 0. The highest BCUT2D eigenvalue weighted by Crippen LogP contribution is 2.31. The van der Waals surface area contributed by atoms with Gasteiger partial charge in [-0.25, -0.2) is 0 Å². The summed E-state index contributed by atoms with van der Waals surface area (Å²) in [5, 5.41) is 4.08. The normalized spacial score (nSPS) is 11.2. The molecule has 1 heteroatoms. The van der Waals surface area contributed by atoms with Gasteiger partial charge in [-0.2, -0.15) is 0 Å². The van der Waals surface area contributed by atoms with Gasteiger partial charge in [-0.15, -0.1) is 11.3 Å². The van der Waals surface area contributed by atoms with Crippen LogP contribution in [0.2, 0.25) is 0 Å². The summed E-state index contributed by atoms with van der Waals surface area (Å²) in [7, 11) is 0. The summed E-state index contributed by atoms with van der Waals surface area (Å²) in [5.41, 5.74) is 0. The molecule has 0 bridgehead atoms. The molecule has 2 aromatic carbocycles. The molecule has 68 valence electrons. The van der Waals surface area contributed by atoms with E-state index in [4.69, 9.17) is 0 Å². The zero-order valence-corrected chi connectivity index (χ0v) is 8.77. The largest absolute Gasteiger partial charge is 0.140 e. The van der Waals surface area contributed by atoms with Crippen LogP contribution in [0.5, 0.6) is 0 Å². The van der Waals surface area contributed by atoms with Crippen molar-refractivity contribution >= 4 is 32.2 Å². The van der Waals surface area contributed by atoms with Crippen molar-refractivity contribution in [3.63, 3.8) is 0 Å². The maximum Gasteiger partial charge on any atom is 0.0423 e. The van der Waals surface area contributed by atoms with Crippen LogP contribution in [0.4, 0.5) is 0 Å². The Bertz CT molecular complexity index is 605. The fourth-order valence-electron chi connectivity index (χ4n) is 1.90. The molecule has 1 aromatic heterocycles. The first-order valence-corrected chi connectivity index (χ1v) is 5.54. The minimum Gasteiger partial charge on any atom is -0.140 e. The summed E-state index contributed by atoms with van der Waals surface area (Å²) in [6.07, 6.45) is 0. The first kappa shape index (κ1) is 8.01. The molecule has 0 radical (unpaired) electrons. The van der Waals surface area contributed by atoms with E-state index in [2.05, 4.69) is 49.4 Å². The van der Waals surface area contributed by atoms with E-state index in [0.717, 1.165) is 0 Å². The van der Waals surface area contributed by atoms with Crippen LogP contribution in [0.1, 0.15) is 4.88 Å². The second kappa shape index (κ2) is 2.82. The zero-order chi connectivity index (χ0) is 9.54. The van der Waals surface area contributed by atoms with Gasteiger partial charge in [-0.3, -0.25) is 0 Å². The average Bonchev–Trinajstić information content (AvgIpc) is 2.59. The molecule has 0 fully saturated rings. The van der Waals surface area contributed by atoms with Gasteiger partial charge >= 0.3 is 0 Å². The molecule has 0 spiro atoms. The molecule has 14 heavy (non-hydrogen) atoms. The second-order valence-electron chi connectivity index (χ2n) is 3.56. The van der Waals surface area contributed by atoms with Crippen LogP contribution >= 0.6 is 11.3 Å². The van der Waals surface area contributed by atoms with Crippen LogP contribution in [0.25, 0.3) is 20.9 Å². The molecule has 0 aliphatic rings. The van der Waals surface area contributed by atoms with Crippen molar-refractivity contribution in [2.45, 2.75) is 6.92 Å². The van der Waals surface area contributed by atoms with E-state index in [1.165, 1.54) is 25.7 Å². The van der Waals surface area contributed by atoms with Gasteiger partial charge in [0.15, 0.2) is 0 Å². The quantitative estimate of drug-likeness (QED) is 0.503. The van der Waals surface area contributed by atoms with Crippen molar-refractivity contribution in [1.29, 1.82) is 0 Å². The molecule has 0 nitrogen and oxygen atoms in total. The van der Waals surface area contributed by atoms with Gasteiger partial charge in [-0.1, -0.05) is 36.4 Å². The van der Waals surface area contributed by atoms with Crippen LogP contribution < -0.4 is 0 Å². The lowest BCUT2D eigenvalue weighted by atomic mass is 10.1. The van der Waals surface area contributed by atoms with Crippen molar-refractivity contribution in [2.24, 2.45) is 0 Å². The first-order chi connectivity index (χ1) is 6.84. The Morgan fingerprint density at radius 3 is 2.64 bits per heavy atom. The van der Waals surface area contributed by atoms with Crippen LogP contribution in [-0.4, -0.2) is 0 Å². The summed E-state index contributed by atoms with van der Waals surface area (Å²) in [5.74, 6) is 0. The first-order valence-electron chi connectivity index (χ1n) is 4.72. The van der Waals surface area contributed by atoms with E-state index in [1.807, 2.05) is 11.3 Å². The molecular weight excluding hydrogens is 188 g/mol. The second-order valence-corrected chi connectivity index (χ2v) is 4.82. The average molecular weight is 198 g/mol. The van der Waals surface area contributed by atoms with Gasteiger partial charge in [0.05, 0.1) is 0 Å². The molecule has 0 atom stereocenters. The molecule has 1 heterocycles. The highest BCUT2D eigenvalue weighted by atomic mass is 32.1. The number of fused-ring (bicyclic) bond motifs is 3. The molecule has 0 unspecified atom stereocenters. The molecule has 0 aliphatic carbocycles. The lowest BCUT2D eigenvalue weighted by Crippen LogP contribution is -1.70. The Balaban J connectivity index is 2.60. The highest BCUT2D eigenvalue weighted by Gasteiger charge is 2.02. The van der Waals surface area contributed by atoms with Gasteiger partial charge in [0.1, 0.15) is 0 Å². The minimum atomic E-state index is 1.34. The molecule has 3 aromatic rings. The van der Waals surface area contributed by atoms with Crippen molar-refractivity contribution in [3.05, 3.63) is 47.3 Å².